The fourth-order valence-corrected chi connectivity index (χ4v) is 2.40. The third-order valence-corrected chi connectivity index (χ3v) is 3.25. The predicted molar refractivity (Wildman–Crippen MR) is 71.2 cm³/mol. The summed E-state index contributed by atoms with van der Waals surface area (Å²) in [5, 5.41) is 0. The zero-order chi connectivity index (χ0) is 13.3. The Morgan fingerprint density at radius 3 is 2.78 bits per heavy atom. The first-order valence-electron chi connectivity index (χ1n) is 6.33. The van der Waals surface area contributed by atoms with Crippen LogP contribution in [0.15, 0.2) is 18.2 Å². The van der Waals surface area contributed by atoms with Gasteiger partial charge in [-0.15, -0.1) is 0 Å². The molecule has 2 N–H and O–H groups in total. The molecule has 0 saturated carbocycles. The molecule has 1 aromatic carbocycles. The van der Waals surface area contributed by atoms with Crippen LogP contribution < -0.4 is 10.6 Å². The molecule has 18 heavy (non-hydrogen) atoms. The van der Waals surface area contributed by atoms with Crippen LogP contribution in [0.25, 0.3) is 0 Å². The van der Waals surface area contributed by atoms with Crippen LogP contribution in [-0.2, 0) is 4.74 Å². The molecule has 2 rings (SSSR count). The van der Waals surface area contributed by atoms with Gasteiger partial charge in [-0.05, 0) is 44.5 Å². The summed E-state index contributed by atoms with van der Waals surface area (Å²) in [6.45, 7) is 8.29. The molecule has 1 fully saturated rings. The van der Waals surface area contributed by atoms with Crippen molar-refractivity contribution in [3.05, 3.63) is 29.6 Å². The Bertz CT molecular complexity index is 432. The Labute approximate surface area is 108 Å². The third-order valence-electron chi connectivity index (χ3n) is 3.25. The summed E-state index contributed by atoms with van der Waals surface area (Å²) in [5.41, 5.74) is 7.63. The number of ether oxygens (including phenoxy) is 1. The molecule has 1 aliphatic heterocycles. The zero-order valence-electron chi connectivity index (χ0n) is 11.2. The maximum atomic E-state index is 13.3. The predicted octanol–water partition coefficient (Wildman–Crippen LogP) is 2.46. The monoisotopic (exact) mass is 252 g/mol. The number of morpholine rings is 1. The lowest BCUT2D eigenvalue weighted by atomic mass is 10.0. The van der Waals surface area contributed by atoms with Crippen molar-refractivity contribution in [2.75, 3.05) is 24.6 Å². The Morgan fingerprint density at radius 1 is 1.44 bits per heavy atom. The quantitative estimate of drug-likeness (QED) is 0.878. The van der Waals surface area contributed by atoms with E-state index in [-0.39, 0.29) is 17.5 Å². The molecule has 1 unspecified atom stereocenters. The highest BCUT2D eigenvalue weighted by Crippen LogP contribution is 2.29. The van der Waals surface area contributed by atoms with Crippen molar-refractivity contribution in [2.24, 2.45) is 5.73 Å². The maximum absolute atomic E-state index is 13.3. The second kappa shape index (κ2) is 4.86. The first kappa shape index (κ1) is 13.3. The van der Waals surface area contributed by atoms with Gasteiger partial charge in [0, 0.05) is 24.8 Å². The van der Waals surface area contributed by atoms with E-state index in [4.69, 9.17) is 10.5 Å². The molecule has 0 radical (unpaired) electrons. The molecule has 1 aliphatic rings. The summed E-state index contributed by atoms with van der Waals surface area (Å²) >= 11 is 0. The van der Waals surface area contributed by atoms with E-state index in [1.165, 1.54) is 12.1 Å². The van der Waals surface area contributed by atoms with Crippen molar-refractivity contribution < 1.29 is 9.13 Å². The zero-order valence-corrected chi connectivity index (χ0v) is 11.2. The number of nitrogens with two attached hydrogens (primary N) is 1. The van der Waals surface area contributed by atoms with E-state index in [2.05, 4.69) is 18.7 Å². The maximum Gasteiger partial charge on any atom is 0.123 e. The lowest BCUT2D eigenvalue weighted by Gasteiger charge is -2.40. The topological polar surface area (TPSA) is 38.5 Å². The second-order valence-corrected chi connectivity index (χ2v) is 5.52. The van der Waals surface area contributed by atoms with Gasteiger partial charge in [0.05, 0.1) is 12.2 Å². The van der Waals surface area contributed by atoms with E-state index in [1.807, 2.05) is 13.0 Å². The first-order chi connectivity index (χ1) is 8.39. The number of benzene rings is 1. The van der Waals surface area contributed by atoms with Crippen molar-refractivity contribution in [3.8, 4) is 0 Å². The van der Waals surface area contributed by atoms with Crippen LogP contribution in [0.4, 0.5) is 10.1 Å². The highest BCUT2D eigenvalue weighted by atomic mass is 19.1. The smallest absolute Gasteiger partial charge is 0.123 e. The minimum absolute atomic E-state index is 0.179. The highest BCUT2D eigenvalue weighted by molar-refractivity contribution is 5.55. The summed E-state index contributed by atoms with van der Waals surface area (Å²) < 4.78 is 19.0. The van der Waals surface area contributed by atoms with Crippen molar-refractivity contribution in [1.82, 2.24) is 0 Å². The SMILES string of the molecule is CC(N)c1cc(F)ccc1N1CCOC(C)(C)C1. The minimum Gasteiger partial charge on any atom is -0.372 e. The highest BCUT2D eigenvalue weighted by Gasteiger charge is 2.28. The molecule has 1 aromatic rings. The average Bonchev–Trinajstić information content (AvgIpc) is 2.27. The Hall–Kier alpha value is -1.13. The number of nitrogens with zero attached hydrogens (tertiary/aromatic N) is 1. The van der Waals surface area contributed by atoms with Gasteiger partial charge in [-0.1, -0.05) is 0 Å². The van der Waals surface area contributed by atoms with E-state index < -0.39 is 0 Å². The summed E-state index contributed by atoms with van der Waals surface area (Å²) in [6.07, 6.45) is 0. The molecule has 0 aromatic heterocycles. The van der Waals surface area contributed by atoms with E-state index >= 15 is 0 Å². The van der Waals surface area contributed by atoms with E-state index in [0.29, 0.717) is 6.61 Å². The molecule has 3 nitrogen and oxygen atoms in total. The van der Waals surface area contributed by atoms with Gasteiger partial charge in [-0.3, -0.25) is 0 Å². The molecule has 1 saturated heterocycles. The van der Waals surface area contributed by atoms with Crippen molar-refractivity contribution in [1.29, 1.82) is 0 Å². The molecule has 0 amide bonds. The molecular formula is C14H21FN2O. The van der Waals surface area contributed by atoms with E-state index in [1.54, 1.807) is 0 Å². The second-order valence-electron chi connectivity index (χ2n) is 5.52. The minimum atomic E-state index is -0.237. The Kier molecular flexibility index (Phi) is 3.59. The number of rotatable bonds is 2. The molecule has 4 heteroatoms. The van der Waals surface area contributed by atoms with Gasteiger partial charge in [0.2, 0.25) is 0 Å². The van der Waals surface area contributed by atoms with Gasteiger partial charge < -0.3 is 15.4 Å². The molecule has 1 heterocycles. The Morgan fingerprint density at radius 2 is 2.17 bits per heavy atom. The van der Waals surface area contributed by atoms with Crippen LogP contribution in [-0.4, -0.2) is 25.3 Å². The van der Waals surface area contributed by atoms with Crippen molar-refractivity contribution in [3.63, 3.8) is 0 Å². The Balaban J connectivity index is 2.32. The van der Waals surface area contributed by atoms with Crippen LogP contribution >= 0.6 is 0 Å². The van der Waals surface area contributed by atoms with E-state index in [0.717, 1.165) is 24.3 Å². The molecule has 100 valence electrons. The normalized spacial score (nSPS) is 20.8. The van der Waals surface area contributed by atoms with Crippen LogP contribution in [0.2, 0.25) is 0 Å². The van der Waals surface area contributed by atoms with Gasteiger partial charge in [0.25, 0.3) is 0 Å². The largest absolute Gasteiger partial charge is 0.372 e. The van der Waals surface area contributed by atoms with Gasteiger partial charge in [0.1, 0.15) is 5.82 Å². The van der Waals surface area contributed by atoms with Crippen LogP contribution in [0, 0.1) is 5.82 Å². The molecular weight excluding hydrogens is 231 g/mol. The molecule has 0 aliphatic carbocycles. The number of hydrogen-bond acceptors (Lipinski definition) is 3. The summed E-state index contributed by atoms with van der Waals surface area (Å²) in [6, 6.07) is 4.66. The van der Waals surface area contributed by atoms with E-state index in [9.17, 15) is 4.39 Å². The lowest BCUT2D eigenvalue weighted by molar-refractivity contribution is -0.0277. The third kappa shape index (κ3) is 2.82. The van der Waals surface area contributed by atoms with Gasteiger partial charge >= 0.3 is 0 Å². The summed E-state index contributed by atoms with van der Waals surface area (Å²) in [4.78, 5) is 2.22. The summed E-state index contributed by atoms with van der Waals surface area (Å²) in [7, 11) is 0. The number of anilines is 1. The first-order valence-corrected chi connectivity index (χ1v) is 6.33. The van der Waals surface area contributed by atoms with Gasteiger partial charge in [-0.2, -0.15) is 0 Å². The lowest BCUT2D eigenvalue weighted by Crippen LogP contribution is -2.48. The van der Waals surface area contributed by atoms with Gasteiger partial charge in [-0.25, -0.2) is 4.39 Å². The number of hydrogen-bond donors (Lipinski definition) is 1. The molecule has 0 bridgehead atoms. The van der Waals surface area contributed by atoms with Crippen LogP contribution in [0.5, 0.6) is 0 Å². The van der Waals surface area contributed by atoms with Crippen molar-refractivity contribution >= 4 is 5.69 Å². The molecule has 0 spiro atoms. The van der Waals surface area contributed by atoms with Crippen LogP contribution in [0.1, 0.15) is 32.4 Å². The van der Waals surface area contributed by atoms with Crippen molar-refractivity contribution in [2.45, 2.75) is 32.4 Å². The average molecular weight is 252 g/mol. The number of halogens is 1. The molecule has 1 atom stereocenters. The fourth-order valence-electron chi connectivity index (χ4n) is 2.40. The van der Waals surface area contributed by atoms with Crippen LogP contribution in [0.3, 0.4) is 0 Å². The van der Waals surface area contributed by atoms with Gasteiger partial charge in [0.15, 0.2) is 0 Å². The fraction of sp³-hybridized carbons (Fsp3) is 0.571. The summed E-state index contributed by atoms with van der Waals surface area (Å²) in [5.74, 6) is -0.237. The standard InChI is InChI=1S/C14H21FN2O/c1-10(16)12-8-11(15)4-5-13(12)17-6-7-18-14(2,3)9-17/h4-5,8,10H,6-7,9,16H2,1-3H3.